The molecule has 2 aromatic rings. The number of nitriles is 1. The number of carbonyl (C=O) groups excluding carboxylic acids is 2. The van der Waals surface area contributed by atoms with E-state index in [0.717, 1.165) is 24.5 Å². The number of pyridine rings is 1. The predicted octanol–water partition coefficient (Wildman–Crippen LogP) is 3.24. The summed E-state index contributed by atoms with van der Waals surface area (Å²) in [4.78, 5) is 37.4. The van der Waals surface area contributed by atoms with Gasteiger partial charge in [-0.05, 0) is 56.0 Å². The molecule has 3 heterocycles. The summed E-state index contributed by atoms with van der Waals surface area (Å²) in [6.07, 6.45) is 2.97. The number of amides is 2. The number of rotatable bonds is 4. The third-order valence-electron chi connectivity index (χ3n) is 6.75. The summed E-state index contributed by atoms with van der Waals surface area (Å²) >= 11 is 0. The number of nitrogens with zero attached hydrogens (tertiary/aromatic N) is 5. The van der Waals surface area contributed by atoms with Crippen molar-refractivity contribution < 1.29 is 9.59 Å². The van der Waals surface area contributed by atoms with Crippen LogP contribution in [0.4, 0.5) is 5.69 Å². The summed E-state index contributed by atoms with van der Waals surface area (Å²) in [5.41, 5.74) is 2.14. The van der Waals surface area contributed by atoms with E-state index in [0.29, 0.717) is 49.5 Å². The molecule has 0 atom stereocenters. The number of likely N-dealkylation sites (tertiary alicyclic amines) is 1. The minimum Gasteiger partial charge on any atom is -0.338 e. The van der Waals surface area contributed by atoms with Crippen molar-refractivity contribution >= 4 is 17.5 Å². The highest BCUT2D eigenvalue weighted by atomic mass is 16.2. The second-order valence-electron chi connectivity index (χ2n) is 9.47. The van der Waals surface area contributed by atoms with Crippen molar-refractivity contribution in [1.82, 2.24) is 14.8 Å². The standard InChI is InChI=1S/C26H31N5O2/c1-19(2)18-30-13-14-31(23-8-7-20(3)28-17-23)25(33)26(30)9-11-29(12-10-26)24(32)22-6-4-5-21(15-22)16-27/h4-8,15,17,19H,9-14,18H2,1-3H3. The Bertz CT molecular complexity index is 1060. The number of hydrogen-bond donors (Lipinski definition) is 0. The van der Waals surface area contributed by atoms with E-state index >= 15 is 0 Å². The summed E-state index contributed by atoms with van der Waals surface area (Å²) in [7, 11) is 0. The highest BCUT2D eigenvalue weighted by Crippen LogP contribution is 2.36. The first-order valence-corrected chi connectivity index (χ1v) is 11.6. The Balaban J connectivity index is 1.56. The lowest BCUT2D eigenvalue weighted by molar-refractivity contribution is -0.138. The lowest BCUT2D eigenvalue weighted by atomic mass is 9.81. The quantitative estimate of drug-likeness (QED) is 0.722. The van der Waals surface area contributed by atoms with Gasteiger partial charge in [-0.3, -0.25) is 19.5 Å². The Hall–Kier alpha value is -3.24. The SMILES string of the molecule is Cc1ccc(N2CCN(CC(C)C)C3(CCN(C(=O)c4cccc(C#N)c4)CC3)C2=O)cn1. The minimum atomic E-state index is -0.612. The topological polar surface area (TPSA) is 80.5 Å². The van der Waals surface area contributed by atoms with Crippen LogP contribution < -0.4 is 4.90 Å². The minimum absolute atomic E-state index is 0.0831. The zero-order chi connectivity index (χ0) is 23.6. The first-order chi connectivity index (χ1) is 15.8. The largest absolute Gasteiger partial charge is 0.338 e. The molecule has 0 N–H and O–H groups in total. The maximum Gasteiger partial charge on any atom is 0.253 e. The van der Waals surface area contributed by atoms with Crippen LogP contribution in [0.5, 0.6) is 0 Å². The van der Waals surface area contributed by atoms with Crippen molar-refractivity contribution in [3.05, 3.63) is 59.4 Å². The molecule has 0 radical (unpaired) electrons. The summed E-state index contributed by atoms with van der Waals surface area (Å²) in [5.74, 6) is 0.467. The first kappa shape index (κ1) is 22.9. The molecule has 1 aromatic carbocycles. The fraction of sp³-hybridized carbons (Fsp3) is 0.462. The highest BCUT2D eigenvalue weighted by Gasteiger charge is 2.51. The molecule has 0 saturated carbocycles. The van der Waals surface area contributed by atoms with Gasteiger partial charge >= 0.3 is 0 Å². The number of piperazine rings is 1. The van der Waals surface area contributed by atoms with Crippen LogP contribution in [0.25, 0.3) is 0 Å². The fourth-order valence-electron chi connectivity index (χ4n) is 5.01. The lowest BCUT2D eigenvalue weighted by Crippen LogP contribution is -2.69. The smallest absolute Gasteiger partial charge is 0.253 e. The lowest BCUT2D eigenvalue weighted by Gasteiger charge is -2.53. The molecule has 2 saturated heterocycles. The van der Waals surface area contributed by atoms with Gasteiger partial charge in [0.1, 0.15) is 5.54 Å². The average molecular weight is 446 g/mol. The zero-order valence-electron chi connectivity index (χ0n) is 19.6. The number of piperidine rings is 1. The molecule has 2 aliphatic heterocycles. The van der Waals surface area contributed by atoms with Crippen molar-refractivity contribution in [2.24, 2.45) is 5.92 Å². The summed E-state index contributed by atoms with van der Waals surface area (Å²) in [5, 5.41) is 9.16. The molecular formula is C26H31N5O2. The number of aryl methyl sites for hydroxylation is 1. The van der Waals surface area contributed by atoms with Crippen LogP contribution >= 0.6 is 0 Å². The normalized spacial score (nSPS) is 18.6. The summed E-state index contributed by atoms with van der Waals surface area (Å²) in [6.45, 7) is 9.60. The van der Waals surface area contributed by atoms with E-state index in [2.05, 4.69) is 29.8 Å². The Kier molecular flexibility index (Phi) is 6.48. The second-order valence-corrected chi connectivity index (χ2v) is 9.47. The summed E-state index contributed by atoms with van der Waals surface area (Å²) in [6, 6.07) is 12.8. The maximum absolute atomic E-state index is 13.9. The molecule has 33 heavy (non-hydrogen) atoms. The fourth-order valence-corrected chi connectivity index (χ4v) is 5.01. The Labute approximate surface area is 195 Å². The van der Waals surface area contributed by atoms with E-state index in [1.165, 1.54) is 0 Å². The molecule has 0 unspecified atom stereocenters. The summed E-state index contributed by atoms with van der Waals surface area (Å²) < 4.78 is 0. The van der Waals surface area contributed by atoms with Crippen molar-refractivity contribution in [2.75, 3.05) is 37.6 Å². The molecular weight excluding hydrogens is 414 g/mol. The Morgan fingerprint density at radius 2 is 1.91 bits per heavy atom. The molecule has 2 aliphatic rings. The van der Waals surface area contributed by atoms with Crippen LogP contribution in [0.15, 0.2) is 42.6 Å². The van der Waals surface area contributed by atoms with Crippen molar-refractivity contribution in [3.63, 3.8) is 0 Å². The van der Waals surface area contributed by atoms with Crippen molar-refractivity contribution in [2.45, 2.75) is 39.2 Å². The molecule has 7 nitrogen and oxygen atoms in total. The van der Waals surface area contributed by atoms with Gasteiger partial charge in [0.2, 0.25) is 5.91 Å². The average Bonchev–Trinajstić information content (AvgIpc) is 2.83. The Morgan fingerprint density at radius 3 is 2.55 bits per heavy atom. The van der Waals surface area contributed by atoms with Gasteiger partial charge in [-0.2, -0.15) is 5.26 Å². The van der Waals surface area contributed by atoms with Crippen LogP contribution in [-0.4, -0.2) is 64.9 Å². The van der Waals surface area contributed by atoms with Crippen LogP contribution in [0, 0.1) is 24.2 Å². The molecule has 172 valence electrons. The number of anilines is 1. The van der Waals surface area contributed by atoms with E-state index in [1.54, 1.807) is 30.5 Å². The molecule has 1 spiro atoms. The van der Waals surface area contributed by atoms with Gasteiger partial charge in [0.25, 0.3) is 5.91 Å². The van der Waals surface area contributed by atoms with Gasteiger partial charge in [-0.25, -0.2) is 0 Å². The van der Waals surface area contributed by atoms with E-state index in [1.807, 2.05) is 28.9 Å². The van der Waals surface area contributed by atoms with Gasteiger partial charge in [-0.15, -0.1) is 0 Å². The molecule has 0 aliphatic carbocycles. The van der Waals surface area contributed by atoms with E-state index in [-0.39, 0.29) is 11.8 Å². The third kappa shape index (κ3) is 4.49. The molecule has 4 rings (SSSR count). The molecule has 7 heteroatoms. The number of aromatic nitrogens is 1. The predicted molar refractivity (Wildman–Crippen MR) is 127 cm³/mol. The van der Waals surface area contributed by atoms with Crippen LogP contribution in [0.2, 0.25) is 0 Å². The number of hydrogen-bond acceptors (Lipinski definition) is 5. The van der Waals surface area contributed by atoms with E-state index in [4.69, 9.17) is 5.26 Å². The molecule has 2 amide bonds. The Morgan fingerprint density at radius 1 is 1.15 bits per heavy atom. The second kappa shape index (κ2) is 9.32. The van der Waals surface area contributed by atoms with Crippen molar-refractivity contribution in [1.29, 1.82) is 5.26 Å². The molecule has 1 aromatic heterocycles. The zero-order valence-corrected chi connectivity index (χ0v) is 19.6. The number of carbonyl (C=O) groups is 2. The van der Waals surface area contributed by atoms with Gasteiger partial charge in [-0.1, -0.05) is 19.9 Å². The van der Waals surface area contributed by atoms with E-state index < -0.39 is 5.54 Å². The highest BCUT2D eigenvalue weighted by molar-refractivity contribution is 6.01. The van der Waals surface area contributed by atoms with Crippen LogP contribution in [0.3, 0.4) is 0 Å². The van der Waals surface area contributed by atoms with Gasteiger partial charge in [0.15, 0.2) is 0 Å². The molecule has 0 bridgehead atoms. The van der Waals surface area contributed by atoms with E-state index in [9.17, 15) is 9.59 Å². The number of benzene rings is 1. The molecule has 2 fully saturated rings. The van der Waals surface area contributed by atoms with Crippen molar-refractivity contribution in [3.8, 4) is 6.07 Å². The van der Waals surface area contributed by atoms with Crippen LogP contribution in [-0.2, 0) is 4.79 Å². The van der Waals surface area contributed by atoms with Crippen LogP contribution in [0.1, 0.15) is 48.3 Å². The maximum atomic E-state index is 13.9. The monoisotopic (exact) mass is 445 g/mol. The van der Waals surface area contributed by atoms with Gasteiger partial charge in [0.05, 0.1) is 23.5 Å². The van der Waals surface area contributed by atoms with Gasteiger partial charge in [0, 0.05) is 44.0 Å². The third-order valence-corrected chi connectivity index (χ3v) is 6.75. The van der Waals surface area contributed by atoms with Gasteiger partial charge < -0.3 is 9.80 Å². The first-order valence-electron chi connectivity index (χ1n) is 11.6.